The van der Waals surface area contributed by atoms with Crippen molar-refractivity contribution in [1.82, 2.24) is 14.8 Å². The van der Waals surface area contributed by atoms with Gasteiger partial charge in [0.15, 0.2) is 0 Å². The highest BCUT2D eigenvalue weighted by atomic mass is 16.2. The molecule has 0 saturated carbocycles. The molecule has 35 heavy (non-hydrogen) atoms. The van der Waals surface area contributed by atoms with Crippen LogP contribution in [0, 0.1) is 25.2 Å². The van der Waals surface area contributed by atoms with Gasteiger partial charge in [-0.15, -0.1) is 0 Å². The summed E-state index contributed by atoms with van der Waals surface area (Å²) in [6, 6.07) is 16.9. The van der Waals surface area contributed by atoms with Crippen LogP contribution >= 0.6 is 0 Å². The summed E-state index contributed by atoms with van der Waals surface area (Å²) in [5.74, 6) is -1.54. The lowest BCUT2D eigenvalue weighted by atomic mass is 10.1. The van der Waals surface area contributed by atoms with Crippen molar-refractivity contribution in [2.45, 2.75) is 20.4 Å². The third-order valence-electron chi connectivity index (χ3n) is 5.40. The van der Waals surface area contributed by atoms with E-state index in [0.29, 0.717) is 39.2 Å². The Morgan fingerprint density at radius 2 is 1.83 bits per heavy atom. The summed E-state index contributed by atoms with van der Waals surface area (Å²) in [5, 5.41) is 19.4. The van der Waals surface area contributed by atoms with Gasteiger partial charge in [-0.2, -0.15) is 10.4 Å². The summed E-state index contributed by atoms with van der Waals surface area (Å²) in [6.45, 7) is 3.33. The van der Waals surface area contributed by atoms with E-state index in [1.54, 1.807) is 62.4 Å². The molecule has 174 valence electrons. The van der Waals surface area contributed by atoms with E-state index in [1.165, 1.54) is 10.7 Å². The maximum absolute atomic E-state index is 13.0. The van der Waals surface area contributed by atoms with Gasteiger partial charge < -0.3 is 16.4 Å². The number of anilines is 2. The fraction of sp³-hybridized carbons (Fsp3) is 0.120. The van der Waals surface area contributed by atoms with Gasteiger partial charge in [0.1, 0.15) is 12.2 Å². The Bertz CT molecular complexity index is 1530. The number of nitrogens with one attached hydrogen (secondary N) is 2. The molecule has 0 bridgehead atoms. The van der Waals surface area contributed by atoms with Gasteiger partial charge in [-0.05, 0) is 44.2 Å². The number of pyridine rings is 1. The largest absolute Gasteiger partial charge is 0.366 e. The van der Waals surface area contributed by atoms with Crippen molar-refractivity contribution in [1.29, 1.82) is 5.26 Å². The van der Waals surface area contributed by atoms with Crippen LogP contribution in [0.25, 0.3) is 10.9 Å². The molecule has 0 aliphatic carbocycles. The molecule has 0 fully saturated rings. The lowest BCUT2D eigenvalue weighted by Gasteiger charge is -2.09. The number of carbonyl (C=O) groups excluding carboxylic acids is 3. The first-order valence-corrected chi connectivity index (χ1v) is 10.6. The lowest BCUT2D eigenvalue weighted by molar-refractivity contribution is -0.116. The molecule has 4 aromatic rings. The molecule has 0 atom stereocenters. The standard InChI is InChI=1S/C25H21N7O3/c1-14-23(15(2)32(31-14)13-22(33)28-17-7-5-6-16(10-17)12-26)30-25(35)21-11-19(24(27)34)18-8-3-4-9-20(18)29-21/h3-11H,13H2,1-2H3,(H2,27,34)(H,28,33)(H,30,35). The molecule has 10 heteroatoms. The van der Waals surface area contributed by atoms with Crippen molar-refractivity contribution in [3.63, 3.8) is 0 Å². The Balaban J connectivity index is 1.54. The summed E-state index contributed by atoms with van der Waals surface area (Å²) in [5.41, 5.74) is 8.63. The van der Waals surface area contributed by atoms with Crippen molar-refractivity contribution < 1.29 is 14.4 Å². The molecule has 0 spiro atoms. The first-order valence-electron chi connectivity index (χ1n) is 10.6. The predicted octanol–water partition coefficient (Wildman–Crippen LogP) is 2.91. The number of aromatic nitrogens is 3. The maximum Gasteiger partial charge on any atom is 0.274 e. The molecule has 2 aromatic heterocycles. The molecular formula is C25H21N7O3. The molecule has 4 N–H and O–H groups in total. The Hall–Kier alpha value is -5.04. The van der Waals surface area contributed by atoms with E-state index < -0.39 is 11.8 Å². The molecule has 3 amide bonds. The molecule has 10 nitrogen and oxygen atoms in total. The minimum atomic E-state index is -0.663. The topological polar surface area (TPSA) is 156 Å². The van der Waals surface area contributed by atoms with Crippen LogP contribution in [0.4, 0.5) is 11.4 Å². The van der Waals surface area contributed by atoms with Crippen molar-refractivity contribution in [3.05, 3.63) is 82.8 Å². The number of rotatable bonds is 6. The van der Waals surface area contributed by atoms with Gasteiger partial charge >= 0.3 is 0 Å². The number of fused-ring (bicyclic) bond motifs is 1. The van der Waals surface area contributed by atoms with Gasteiger partial charge in [-0.1, -0.05) is 24.3 Å². The van der Waals surface area contributed by atoms with E-state index in [-0.39, 0.29) is 23.7 Å². The highest BCUT2D eigenvalue weighted by molar-refractivity contribution is 6.10. The number of aryl methyl sites for hydroxylation is 1. The minimum absolute atomic E-state index is 0.0270. The molecule has 0 radical (unpaired) electrons. The zero-order valence-corrected chi connectivity index (χ0v) is 19.0. The van der Waals surface area contributed by atoms with Gasteiger partial charge in [0, 0.05) is 11.1 Å². The highest BCUT2D eigenvalue weighted by Crippen LogP contribution is 2.22. The SMILES string of the molecule is Cc1nn(CC(=O)Nc2cccc(C#N)c2)c(C)c1NC(=O)c1cc(C(N)=O)c2ccccc2n1. The molecule has 4 rings (SSSR count). The normalized spacial score (nSPS) is 10.5. The monoisotopic (exact) mass is 467 g/mol. The Morgan fingerprint density at radius 1 is 1.06 bits per heavy atom. The van der Waals surface area contributed by atoms with E-state index in [1.807, 2.05) is 6.07 Å². The second kappa shape index (κ2) is 9.44. The summed E-state index contributed by atoms with van der Waals surface area (Å²) in [7, 11) is 0. The quantitative estimate of drug-likeness (QED) is 0.396. The van der Waals surface area contributed by atoms with Crippen LogP contribution in [-0.2, 0) is 11.3 Å². The number of benzene rings is 2. The molecule has 0 unspecified atom stereocenters. The zero-order chi connectivity index (χ0) is 25.1. The Labute approximate surface area is 200 Å². The molecule has 0 saturated heterocycles. The van der Waals surface area contributed by atoms with Gasteiger partial charge in [-0.3, -0.25) is 19.1 Å². The smallest absolute Gasteiger partial charge is 0.274 e. The minimum Gasteiger partial charge on any atom is -0.366 e. The number of hydrogen-bond acceptors (Lipinski definition) is 6. The summed E-state index contributed by atoms with van der Waals surface area (Å²) >= 11 is 0. The highest BCUT2D eigenvalue weighted by Gasteiger charge is 2.20. The van der Waals surface area contributed by atoms with E-state index in [9.17, 15) is 14.4 Å². The van der Waals surface area contributed by atoms with Gasteiger partial charge in [0.25, 0.3) is 5.91 Å². The summed E-state index contributed by atoms with van der Waals surface area (Å²) in [4.78, 5) is 41.8. The number of para-hydroxylation sites is 1. The summed E-state index contributed by atoms with van der Waals surface area (Å²) in [6.07, 6.45) is 0. The fourth-order valence-corrected chi connectivity index (χ4v) is 3.71. The average molecular weight is 467 g/mol. The molecule has 0 aliphatic heterocycles. The van der Waals surface area contributed by atoms with Crippen LogP contribution in [0.15, 0.2) is 54.6 Å². The van der Waals surface area contributed by atoms with Crippen LogP contribution in [0.5, 0.6) is 0 Å². The third kappa shape index (κ3) is 4.84. The Kier molecular flexibility index (Phi) is 6.24. The van der Waals surface area contributed by atoms with Crippen molar-refractivity contribution in [3.8, 4) is 6.07 Å². The van der Waals surface area contributed by atoms with Crippen LogP contribution < -0.4 is 16.4 Å². The molecule has 2 aromatic carbocycles. The number of hydrogen-bond donors (Lipinski definition) is 3. The second-order valence-corrected chi connectivity index (χ2v) is 7.83. The van der Waals surface area contributed by atoms with Gasteiger partial charge in [-0.25, -0.2) is 4.98 Å². The first kappa shape index (κ1) is 23.1. The van der Waals surface area contributed by atoms with E-state index in [4.69, 9.17) is 11.0 Å². The average Bonchev–Trinajstić information content (AvgIpc) is 3.10. The maximum atomic E-state index is 13.0. The van der Waals surface area contributed by atoms with Crippen LogP contribution in [0.2, 0.25) is 0 Å². The fourth-order valence-electron chi connectivity index (χ4n) is 3.71. The zero-order valence-electron chi connectivity index (χ0n) is 19.0. The summed E-state index contributed by atoms with van der Waals surface area (Å²) < 4.78 is 1.47. The van der Waals surface area contributed by atoms with Gasteiger partial charge in [0.2, 0.25) is 11.8 Å². The van der Waals surface area contributed by atoms with E-state index >= 15 is 0 Å². The Morgan fingerprint density at radius 3 is 2.57 bits per heavy atom. The van der Waals surface area contributed by atoms with Crippen molar-refractivity contribution in [2.24, 2.45) is 5.73 Å². The number of nitrogens with two attached hydrogens (primary N) is 1. The van der Waals surface area contributed by atoms with E-state index in [2.05, 4.69) is 20.7 Å². The number of primary amides is 1. The molecular weight excluding hydrogens is 446 g/mol. The van der Waals surface area contributed by atoms with Crippen LogP contribution in [0.1, 0.15) is 37.8 Å². The number of nitrogens with zero attached hydrogens (tertiary/aromatic N) is 4. The van der Waals surface area contributed by atoms with Gasteiger partial charge in [0.05, 0.1) is 39.8 Å². The number of amides is 3. The van der Waals surface area contributed by atoms with Crippen molar-refractivity contribution in [2.75, 3.05) is 10.6 Å². The lowest BCUT2D eigenvalue weighted by Crippen LogP contribution is -2.21. The molecule has 0 aliphatic rings. The third-order valence-corrected chi connectivity index (χ3v) is 5.40. The predicted molar refractivity (Wildman–Crippen MR) is 130 cm³/mol. The molecule has 2 heterocycles. The second-order valence-electron chi connectivity index (χ2n) is 7.83. The van der Waals surface area contributed by atoms with E-state index in [0.717, 1.165) is 0 Å². The van der Waals surface area contributed by atoms with Crippen LogP contribution in [-0.4, -0.2) is 32.5 Å². The van der Waals surface area contributed by atoms with Crippen molar-refractivity contribution >= 4 is 40.0 Å². The van der Waals surface area contributed by atoms with Crippen LogP contribution in [0.3, 0.4) is 0 Å². The number of nitriles is 1. The number of carbonyl (C=O) groups is 3. The first-order chi connectivity index (χ1) is 16.8.